The van der Waals surface area contributed by atoms with Crippen LogP contribution in [-0.2, 0) is 0 Å². The van der Waals surface area contributed by atoms with Crippen LogP contribution in [0.5, 0.6) is 0 Å². The first-order chi connectivity index (χ1) is 8.58. The lowest BCUT2D eigenvalue weighted by molar-refractivity contribution is 0.0438. The number of piperazine rings is 1. The Labute approximate surface area is 112 Å². The Kier molecular flexibility index (Phi) is 3.41. The molecule has 0 spiro atoms. The fourth-order valence-corrected chi connectivity index (χ4v) is 4.58. The van der Waals surface area contributed by atoms with E-state index in [-0.39, 0.29) is 0 Å². The molecule has 0 aromatic heterocycles. The second-order valence-corrected chi connectivity index (χ2v) is 6.93. The van der Waals surface area contributed by atoms with Gasteiger partial charge in [0.15, 0.2) is 0 Å². The molecule has 0 aromatic rings. The summed E-state index contributed by atoms with van der Waals surface area (Å²) in [5, 5.41) is 0. The molecule has 3 saturated heterocycles. The van der Waals surface area contributed by atoms with Crippen LogP contribution in [0.15, 0.2) is 0 Å². The van der Waals surface area contributed by atoms with Crippen molar-refractivity contribution >= 4 is 0 Å². The summed E-state index contributed by atoms with van der Waals surface area (Å²) in [6, 6.07) is 3.93. The Hall–Kier alpha value is -0.120. The van der Waals surface area contributed by atoms with Gasteiger partial charge >= 0.3 is 0 Å². The molecule has 3 rings (SSSR count). The maximum Gasteiger partial charge on any atom is 0.0262 e. The van der Waals surface area contributed by atoms with Gasteiger partial charge in [0.1, 0.15) is 0 Å². The third kappa shape index (κ3) is 2.00. The molecule has 0 saturated carbocycles. The van der Waals surface area contributed by atoms with Gasteiger partial charge in [-0.05, 0) is 47.1 Å². The van der Waals surface area contributed by atoms with Crippen molar-refractivity contribution in [2.45, 2.75) is 70.2 Å². The maximum absolute atomic E-state index is 2.81. The Balaban J connectivity index is 1.66. The summed E-state index contributed by atoms with van der Waals surface area (Å²) in [6.45, 7) is 11.0. The number of hydrogen-bond acceptors (Lipinski definition) is 3. The molecule has 0 aromatic carbocycles. The van der Waals surface area contributed by atoms with E-state index in [1.54, 1.807) is 0 Å². The van der Waals surface area contributed by atoms with Crippen LogP contribution in [-0.4, -0.2) is 71.6 Å². The van der Waals surface area contributed by atoms with E-state index >= 15 is 0 Å². The highest BCUT2D eigenvalue weighted by Gasteiger charge is 2.43. The first-order valence-corrected chi connectivity index (χ1v) is 7.79. The normalized spacial score (nSPS) is 43.2. The highest BCUT2D eigenvalue weighted by Crippen LogP contribution is 2.33. The van der Waals surface area contributed by atoms with E-state index in [1.165, 1.54) is 38.9 Å². The first-order valence-electron chi connectivity index (χ1n) is 7.79. The molecule has 4 atom stereocenters. The van der Waals surface area contributed by atoms with Crippen LogP contribution in [0.3, 0.4) is 0 Å². The van der Waals surface area contributed by atoms with Gasteiger partial charge in [-0.3, -0.25) is 14.7 Å². The molecule has 4 unspecified atom stereocenters. The van der Waals surface area contributed by atoms with Gasteiger partial charge in [0, 0.05) is 49.8 Å². The van der Waals surface area contributed by atoms with Crippen molar-refractivity contribution < 1.29 is 0 Å². The minimum Gasteiger partial charge on any atom is -0.298 e. The highest BCUT2D eigenvalue weighted by molar-refractivity contribution is 5.00. The second kappa shape index (κ2) is 4.77. The fourth-order valence-electron chi connectivity index (χ4n) is 4.58. The summed E-state index contributed by atoms with van der Waals surface area (Å²) < 4.78 is 0. The fraction of sp³-hybridized carbons (Fsp3) is 1.00. The van der Waals surface area contributed by atoms with E-state index in [4.69, 9.17) is 0 Å². The average molecular weight is 251 g/mol. The summed E-state index contributed by atoms with van der Waals surface area (Å²) in [4.78, 5) is 8.14. The lowest BCUT2D eigenvalue weighted by Gasteiger charge is -2.43. The van der Waals surface area contributed by atoms with Gasteiger partial charge in [0.05, 0.1) is 0 Å². The van der Waals surface area contributed by atoms with Crippen molar-refractivity contribution in [2.24, 2.45) is 0 Å². The zero-order valence-electron chi connectivity index (χ0n) is 12.5. The molecule has 0 radical (unpaired) electrons. The van der Waals surface area contributed by atoms with Gasteiger partial charge < -0.3 is 0 Å². The van der Waals surface area contributed by atoms with Crippen molar-refractivity contribution in [3.05, 3.63) is 0 Å². The molecule has 3 heterocycles. The minimum atomic E-state index is 0.703. The summed E-state index contributed by atoms with van der Waals surface area (Å²) in [7, 11) is 2.33. The Morgan fingerprint density at radius 3 is 2.11 bits per heavy atom. The van der Waals surface area contributed by atoms with Crippen molar-refractivity contribution in [3.63, 3.8) is 0 Å². The summed E-state index contributed by atoms with van der Waals surface area (Å²) in [6.07, 6.45) is 4.22. The predicted octanol–water partition coefficient (Wildman–Crippen LogP) is 1.64. The van der Waals surface area contributed by atoms with Crippen molar-refractivity contribution in [1.29, 1.82) is 0 Å². The summed E-state index contributed by atoms with van der Waals surface area (Å²) in [5.74, 6) is 0. The predicted molar refractivity (Wildman–Crippen MR) is 75.9 cm³/mol. The van der Waals surface area contributed by atoms with E-state index in [2.05, 4.69) is 42.5 Å². The SMILES string of the molecule is CC(C)N1CCC(N2CC3CCC(C2)N3C)C1C. The van der Waals surface area contributed by atoms with Crippen molar-refractivity contribution in [1.82, 2.24) is 14.7 Å². The minimum absolute atomic E-state index is 0.703. The Morgan fingerprint density at radius 2 is 1.61 bits per heavy atom. The van der Waals surface area contributed by atoms with Crippen molar-refractivity contribution in [3.8, 4) is 0 Å². The number of likely N-dealkylation sites (N-methyl/N-ethyl adjacent to an activating group) is 1. The lowest BCUT2D eigenvalue weighted by atomic mass is 10.1. The molecular formula is C15H29N3. The Morgan fingerprint density at radius 1 is 1.00 bits per heavy atom. The molecule has 3 aliphatic heterocycles. The van der Waals surface area contributed by atoms with Crippen LogP contribution >= 0.6 is 0 Å². The molecule has 0 aliphatic carbocycles. The number of nitrogens with zero attached hydrogens (tertiary/aromatic N) is 3. The van der Waals surface area contributed by atoms with Gasteiger partial charge in [-0.1, -0.05) is 0 Å². The van der Waals surface area contributed by atoms with Crippen LogP contribution < -0.4 is 0 Å². The molecule has 0 amide bonds. The van der Waals surface area contributed by atoms with Crippen LogP contribution in [0.2, 0.25) is 0 Å². The Bertz CT molecular complexity index is 290. The molecule has 3 heteroatoms. The molecule has 3 aliphatic rings. The quantitative estimate of drug-likeness (QED) is 0.739. The van der Waals surface area contributed by atoms with Crippen LogP contribution in [0.1, 0.15) is 40.0 Å². The van der Waals surface area contributed by atoms with E-state index in [1.807, 2.05) is 0 Å². The van der Waals surface area contributed by atoms with Crippen LogP contribution in [0, 0.1) is 0 Å². The standard InChI is InChI=1S/C15H29N3/c1-11(2)18-8-7-15(12(18)3)17-9-13-5-6-14(10-17)16(13)4/h11-15H,5-10H2,1-4H3. The highest BCUT2D eigenvalue weighted by atomic mass is 15.4. The van der Waals surface area contributed by atoms with E-state index in [9.17, 15) is 0 Å². The van der Waals surface area contributed by atoms with Crippen molar-refractivity contribution in [2.75, 3.05) is 26.7 Å². The number of hydrogen-bond donors (Lipinski definition) is 0. The molecule has 3 fully saturated rings. The molecule has 3 nitrogen and oxygen atoms in total. The smallest absolute Gasteiger partial charge is 0.0262 e. The van der Waals surface area contributed by atoms with Gasteiger partial charge in [-0.2, -0.15) is 0 Å². The number of likely N-dealkylation sites (tertiary alicyclic amines) is 2. The van der Waals surface area contributed by atoms with E-state index < -0.39 is 0 Å². The van der Waals surface area contributed by atoms with Gasteiger partial charge in [0.25, 0.3) is 0 Å². The zero-order chi connectivity index (χ0) is 12.9. The summed E-state index contributed by atoms with van der Waals surface area (Å²) >= 11 is 0. The van der Waals surface area contributed by atoms with Gasteiger partial charge in [-0.15, -0.1) is 0 Å². The number of rotatable bonds is 2. The van der Waals surface area contributed by atoms with Gasteiger partial charge in [0.2, 0.25) is 0 Å². The lowest BCUT2D eigenvalue weighted by Crippen LogP contribution is -2.57. The molecular weight excluding hydrogens is 222 g/mol. The second-order valence-electron chi connectivity index (χ2n) is 6.93. The average Bonchev–Trinajstić information content (AvgIpc) is 2.77. The number of fused-ring (bicyclic) bond motifs is 2. The van der Waals surface area contributed by atoms with Crippen LogP contribution in [0.25, 0.3) is 0 Å². The zero-order valence-corrected chi connectivity index (χ0v) is 12.5. The third-order valence-electron chi connectivity index (χ3n) is 5.77. The monoisotopic (exact) mass is 251 g/mol. The van der Waals surface area contributed by atoms with Gasteiger partial charge in [-0.25, -0.2) is 0 Å². The first kappa shape index (κ1) is 12.9. The largest absolute Gasteiger partial charge is 0.298 e. The molecule has 18 heavy (non-hydrogen) atoms. The van der Waals surface area contributed by atoms with Crippen LogP contribution in [0.4, 0.5) is 0 Å². The summed E-state index contributed by atoms with van der Waals surface area (Å²) in [5.41, 5.74) is 0. The topological polar surface area (TPSA) is 9.72 Å². The third-order valence-corrected chi connectivity index (χ3v) is 5.77. The molecule has 104 valence electrons. The van der Waals surface area contributed by atoms with E-state index in [0.717, 1.165) is 24.2 Å². The molecule has 0 N–H and O–H groups in total. The molecule has 2 bridgehead atoms. The van der Waals surface area contributed by atoms with E-state index in [0.29, 0.717) is 6.04 Å². The maximum atomic E-state index is 2.81.